The number of carbonyl (C=O) groups excluding carboxylic acids is 1. The van der Waals surface area contributed by atoms with E-state index in [2.05, 4.69) is 54.0 Å². The van der Waals surface area contributed by atoms with Crippen molar-refractivity contribution in [3.63, 3.8) is 0 Å². The Balaban J connectivity index is 1.64. The van der Waals surface area contributed by atoms with Crippen LogP contribution >= 0.6 is 0 Å². The van der Waals surface area contributed by atoms with E-state index in [0.29, 0.717) is 19.7 Å². The maximum atomic E-state index is 12.1. The van der Waals surface area contributed by atoms with Crippen molar-refractivity contribution in [3.05, 3.63) is 59.7 Å². The van der Waals surface area contributed by atoms with E-state index in [1.165, 1.54) is 11.1 Å². The van der Waals surface area contributed by atoms with Crippen LogP contribution in [-0.2, 0) is 16.1 Å². The van der Waals surface area contributed by atoms with Crippen LogP contribution in [0.15, 0.2) is 48.5 Å². The maximum absolute atomic E-state index is 12.1. The van der Waals surface area contributed by atoms with Gasteiger partial charge in [-0.1, -0.05) is 48.0 Å². The van der Waals surface area contributed by atoms with Gasteiger partial charge in [-0.2, -0.15) is 0 Å². The van der Waals surface area contributed by atoms with Gasteiger partial charge in [-0.05, 0) is 29.7 Å². The third-order valence-electron chi connectivity index (χ3n) is 3.97. The van der Waals surface area contributed by atoms with E-state index in [4.69, 9.17) is 4.74 Å². The Morgan fingerprint density at radius 1 is 1.22 bits per heavy atom. The molecule has 4 heteroatoms. The van der Waals surface area contributed by atoms with Gasteiger partial charge < -0.3 is 15.4 Å². The van der Waals surface area contributed by atoms with Crippen LogP contribution < -0.4 is 10.6 Å². The maximum Gasteiger partial charge on any atom is 0.250 e. The Morgan fingerprint density at radius 2 is 2.00 bits per heavy atom. The topological polar surface area (TPSA) is 50.4 Å². The van der Waals surface area contributed by atoms with Crippen LogP contribution in [0, 0.1) is 6.92 Å². The van der Waals surface area contributed by atoms with E-state index in [1.807, 2.05) is 12.1 Å². The van der Waals surface area contributed by atoms with Crippen LogP contribution in [0.2, 0.25) is 0 Å². The smallest absolute Gasteiger partial charge is 0.250 e. The van der Waals surface area contributed by atoms with Gasteiger partial charge in [-0.3, -0.25) is 4.79 Å². The summed E-state index contributed by atoms with van der Waals surface area (Å²) in [4.78, 5) is 12.1. The molecule has 2 aromatic carbocycles. The summed E-state index contributed by atoms with van der Waals surface area (Å²) in [5.41, 5.74) is 4.68. The molecule has 2 aromatic rings. The fourth-order valence-corrected chi connectivity index (χ4v) is 2.72. The monoisotopic (exact) mass is 310 g/mol. The van der Waals surface area contributed by atoms with Gasteiger partial charge in [-0.15, -0.1) is 0 Å². The second kappa shape index (κ2) is 7.40. The zero-order valence-electron chi connectivity index (χ0n) is 13.3. The molecule has 0 bridgehead atoms. The van der Waals surface area contributed by atoms with Gasteiger partial charge in [0.15, 0.2) is 0 Å². The van der Waals surface area contributed by atoms with Crippen molar-refractivity contribution < 1.29 is 9.53 Å². The fourth-order valence-electron chi connectivity index (χ4n) is 2.72. The molecule has 0 aliphatic carbocycles. The van der Waals surface area contributed by atoms with E-state index < -0.39 is 0 Å². The van der Waals surface area contributed by atoms with Gasteiger partial charge in [0.05, 0.1) is 6.61 Å². The van der Waals surface area contributed by atoms with E-state index >= 15 is 0 Å². The van der Waals surface area contributed by atoms with Crippen LogP contribution in [-0.4, -0.2) is 31.7 Å². The summed E-state index contributed by atoms with van der Waals surface area (Å²) in [7, 11) is 0. The second-order valence-electron chi connectivity index (χ2n) is 5.85. The highest BCUT2D eigenvalue weighted by molar-refractivity contribution is 5.81. The zero-order chi connectivity index (χ0) is 16.1. The molecule has 1 atom stereocenters. The molecular weight excluding hydrogens is 288 g/mol. The Morgan fingerprint density at radius 3 is 2.74 bits per heavy atom. The van der Waals surface area contributed by atoms with Crippen molar-refractivity contribution in [1.29, 1.82) is 0 Å². The van der Waals surface area contributed by atoms with Gasteiger partial charge >= 0.3 is 0 Å². The summed E-state index contributed by atoms with van der Waals surface area (Å²) in [6.45, 7) is 4.57. The molecule has 1 saturated heterocycles. The number of rotatable bonds is 4. The largest absolute Gasteiger partial charge is 0.366 e. The third-order valence-corrected chi connectivity index (χ3v) is 3.97. The number of amides is 1. The van der Waals surface area contributed by atoms with Crippen molar-refractivity contribution in [2.24, 2.45) is 0 Å². The Kier molecular flexibility index (Phi) is 5.05. The lowest BCUT2D eigenvalue weighted by Gasteiger charge is -2.22. The number of carbonyl (C=O) groups is 1. The molecule has 1 fully saturated rings. The van der Waals surface area contributed by atoms with Gasteiger partial charge in [0.1, 0.15) is 6.10 Å². The predicted molar refractivity (Wildman–Crippen MR) is 91.1 cm³/mol. The van der Waals surface area contributed by atoms with Crippen LogP contribution in [0.3, 0.4) is 0 Å². The fraction of sp³-hybridized carbons (Fsp3) is 0.316. The first-order valence-corrected chi connectivity index (χ1v) is 7.98. The Labute approximate surface area is 136 Å². The summed E-state index contributed by atoms with van der Waals surface area (Å²) >= 11 is 0. The summed E-state index contributed by atoms with van der Waals surface area (Å²) in [6.07, 6.45) is -0.385. The SMILES string of the molecule is Cc1cccc(-c2cccc(CNC(=O)C3CNCCO3)c2)c1. The van der Waals surface area contributed by atoms with E-state index in [-0.39, 0.29) is 12.0 Å². The number of ether oxygens (including phenoxy) is 1. The van der Waals surface area contributed by atoms with Crippen LogP contribution in [0.5, 0.6) is 0 Å². The summed E-state index contributed by atoms with van der Waals surface area (Å²) in [5, 5.41) is 6.12. The Hall–Kier alpha value is -2.17. The number of benzene rings is 2. The van der Waals surface area contributed by atoms with E-state index in [9.17, 15) is 4.79 Å². The molecule has 0 aromatic heterocycles. The molecule has 0 spiro atoms. The van der Waals surface area contributed by atoms with E-state index in [0.717, 1.165) is 17.7 Å². The summed E-state index contributed by atoms with van der Waals surface area (Å²) in [6, 6.07) is 16.7. The minimum atomic E-state index is -0.385. The lowest BCUT2D eigenvalue weighted by atomic mass is 10.0. The van der Waals surface area contributed by atoms with Crippen molar-refractivity contribution in [3.8, 4) is 11.1 Å². The highest BCUT2D eigenvalue weighted by Crippen LogP contribution is 2.21. The molecule has 23 heavy (non-hydrogen) atoms. The molecule has 0 saturated carbocycles. The average Bonchev–Trinajstić information content (AvgIpc) is 2.61. The Bertz CT molecular complexity index is 679. The molecule has 1 amide bonds. The zero-order valence-corrected chi connectivity index (χ0v) is 13.3. The minimum absolute atomic E-state index is 0.0573. The van der Waals surface area contributed by atoms with Gasteiger partial charge in [0.25, 0.3) is 5.91 Å². The molecule has 120 valence electrons. The molecule has 2 N–H and O–H groups in total. The van der Waals surface area contributed by atoms with Crippen molar-refractivity contribution >= 4 is 5.91 Å². The van der Waals surface area contributed by atoms with Gasteiger partial charge in [0, 0.05) is 19.6 Å². The van der Waals surface area contributed by atoms with Crippen LogP contribution in [0.1, 0.15) is 11.1 Å². The van der Waals surface area contributed by atoms with E-state index in [1.54, 1.807) is 0 Å². The molecule has 1 unspecified atom stereocenters. The molecular formula is C19H22N2O2. The quantitative estimate of drug-likeness (QED) is 0.911. The average molecular weight is 310 g/mol. The summed E-state index contributed by atoms with van der Waals surface area (Å²) < 4.78 is 5.46. The van der Waals surface area contributed by atoms with Crippen LogP contribution in [0.4, 0.5) is 0 Å². The number of hydrogen-bond acceptors (Lipinski definition) is 3. The highest BCUT2D eigenvalue weighted by atomic mass is 16.5. The second-order valence-corrected chi connectivity index (χ2v) is 5.85. The highest BCUT2D eigenvalue weighted by Gasteiger charge is 2.21. The molecule has 1 aliphatic rings. The molecule has 4 nitrogen and oxygen atoms in total. The normalized spacial score (nSPS) is 17.7. The van der Waals surface area contributed by atoms with Crippen LogP contribution in [0.25, 0.3) is 11.1 Å². The molecule has 1 aliphatic heterocycles. The van der Waals surface area contributed by atoms with Gasteiger partial charge in [-0.25, -0.2) is 0 Å². The number of nitrogens with one attached hydrogen (secondary N) is 2. The lowest BCUT2D eigenvalue weighted by Crippen LogP contribution is -2.47. The first-order valence-electron chi connectivity index (χ1n) is 7.98. The number of hydrogen-bond donors (Lipinski definition) is 2. The molecule has 0 radical (unpaired) electrons. The summed E-state index contributed by atoms with van der Waals surface area (Å²) in [5.74, 6) is -0.0573. The number of morpholine rings is 1. The van der Waals surface area contributed by atoms with Crippen molar-refractivity contribution in [2.75, 3.05) is 19.7 Å². The third kappa shape index (κ3) is 4.18. The molecule has 1 heterocycles. The standard InChI is InChI=1S/C19H22N2O2/c1-14-4-2-6-16(10-14)17-7-3-5-15(11-17)12-21-19(22)18-13-20-8-9-23-18/h2-7,10-11,18,20H,8-9,12-13H2,1H3,(H,21,22). The minimum Gasteiger partial charge on any atom is -0.366 e. The molecule has 3 rings (SSSR count). The predicted octanol–water partition coefficient (Wildman–Crippen LogP) is 2.27. The first kappa shape index (κ1) is 15.7. The first-order chi connectivity index (χ1) is 11.2. The van der Waals surface area contributed by atoms with Crippen molar-refractivity contribution in [2.45, 2.75) is 19.6 Å². The van der Waals surface area contributed by atoms with Gasteiger partial charge in [0.2, 0.25) is 0 Å². The lowest BCUT2D eigenvalue weighted by molar-refractivity contribution is -0.134. The van der Waals surface area contributed by atoms with Crippen molar-refractivity contribution in [1.82, 2.24) is 10.6 Å². The number of aryl methyl sites for hydroxylation is 1.